The van der Waals surface area contributed by atoms with Crippen molar-refractivity contribution in [3.8, 4) is 11.3 Å². The molecule has 0 atom stereocenters. The topological polar surface area (TPSA) is 38.1 Å². The zero-order valence-corrected chi connectivity index (χ0v) is 22.9. The van der Waals surface area contributed by atoms with Gasteiger partial charge in [-0.25, -0.2) is 0 Å². The number of benzene rings is 1. The molecule has 2 aromatic heterocycles. The van der Waals surface area contributed by atoms with E-state index >= 15 is 0 Å². The maximum atomic E-state index is 12.8. The van der Waals surface area contributed by atoms with Gasteiger partial charge in [0.05, 0.1) is 17.4 Å². The second-order valence-corrected chi connectivity index (χ2v) is 9.60. The molecule has 0 saturated carbocycles. The number of nitrogens with zero attached hydrogens (tertiary/aromatic N) is 3. The van der Waals surface area contributed by atoms with Crippen LogP contribution in [0.4, 0.5) is 0 Å². The maximum Gasteiger partial charge on any atom is 0.222 e. The Labute approximate surface area is 212 Å². The van der Waals surface area contributed by atoms with Crippen LogP contribution in [0.25, 0.3) is 22.2 Å². The number of carbonyl (C=O) groups excluding carboxylic acids is 1. The number of amides is 1. The van der Waals surface area contributed by atoms with Gasteiger partial charge in [-0.3, -0.25) is 9.78 Å². The molecule has 3 aromatic rings. The highest BCUT2D eigenvalue weighted by Crippen LogP contribution is 2.34. The summed E-state index contributed by atoms with van der Waals surface area (Å²) in [6.45, 7) is 14.6. The molecular formula is C31H45N3O. The minimum absolute atomic E-state index is 0.244. The van der Waals surface area contributed by atoms with Gasteiger partial charge < -0.3 is 9.47 Å². The van der Waals surface area contributed by atoms with Gasteiger partial charge in [0.15, 0.2) is 0 Å². The zero-order valence-electron chi connectivity index (χ0n) is 22.9. The Kier molecular flexibility index (Phi) is 9.94. The molecule has 1 aromatic carbocycles. The molecular weight excluding hydrogens is 430 g/mol. The standard InChI is InChI=1S/C31H45N3O/c1-7-14-26(15-8-2)34-22-25(18-19-30(35)33(11-5)12-6)27-20-28(32-21-29(27)34)31-23(9-3)16-13-17-24(31)10-4/h13,16-17,20-22,26H,7-12,14-15,18-19H2,1-6H3. The van der Waals surface area contributed by atoms with Gasteiger partial charge in [-0.2, -0.15) is 0 Å². The minimum Gasteiger partial charge on any atom is -0.343 e. The second kappa shape index (κ2) is 12.9. The smallest absolute Gasteiger partial charge is 0.222 e. The first kappa shape index (κ1) is 27.0. The molecule has 0 aliphatic heterocycles. The van der Waals surface area contributed by atoms with Crippen molar-refractivity contribution in [2.45, 2.75) is 99.0 Å². The van der Waals surface area contributed by atoms with Crippen molar-refractivity contribution < 1.29 is 4.79 Å². The van der Waals surface area contributed by atoms with E-state index in [4.69, 9.17) is 4.98 Å². The quantitative estimate of drug-likeness (QED) is 0.253. The summed E-state index contributed by atoms with van der Waals surface area (Å²) in [4.78, 5) is 19.8. The Hall–Kier alpha value is -2.62. The van der Waals surface area contributed by atoms with Gasteiger partial charge in [-0.1, -0.05) is 58.7 Å². The van der Waals surface area contributed by atoms with Crippen LogP contribution in [0.5, 0.6) is 0 Å². The summed E-state index contributed by atoms with van der Waals surface area (Å²) in [5, 5.41) is 1.26. The molecule has 0 bridgehead atoms. The summed E-state index contributed by atoms with van der Waals surface area (Å²) in [6.07, 6.45) is 12.4. The average Bonchev–Trinajstić information content (AvgIpc) is 3.25. The molecule has 0 saturated heterocycles. The summed E-state index contributed by atoms with van der Waals surface area (Å²) in [5.74, 6) is 0.244. The third-order valence-electron chi connectivity index (χ3n) is 7.42. The first-order chi connectivity index (χ1) is 17.0. The molecule has 0 aliphatic rings. The van der Waals surface area contributed by atoms with Crippen LogP contribution in [0.1, 0.15) is 96.4 Å². The number of aryl methyl sites for hydroxylation is 3. The number of hydrogen-bond donors (Lipinski definition) is 0. The molecule has 0 aliphatic carbocycles. The summed E-state index contributed by atoms with van der Waals surface area (Å²) >= 11 is 0. The van der Waals surface area contributed by atoms with Crippen molar-refractivity contribution >= 4 is 16.8 Å². The molecule has 3 rings (SSSR count). The van der Waals surface area contributed by atoms with Crippen LogP contribution in [0.3, 0.4) is 0 Å². The second-order valence-electron chi connectivity index (χ2n) is 9.60. The third-order valence-corrected chi connectivity index (χ3v) is 7.42. The lowest BCUT2D eigenvalue weighted by molar-refractivity contribution is -0.130. The van der Waals surface area contributed by atoms with E-state index in [1.54, 1.807) is 0 Å². The van der Waals surface area contributed by atoms with Crippen molar-refractivity contribution in [2.75, 3.05) is 13.1 Å². The fourth-order valence-corrected chi connectivity index (χ4v) is 5.49. The van der Waals surface area contributed by atoms with Gasteiger partial charge in [0.1, 0.15) is 0 Å². The number of carbonyl (C=O) groups is 1. The van der Waals surface area contributed by atoms with E-state index in [1.165, 1.54) is 33.2 Å². The first-order valence-electron chi connectivity index (χ1n) is 13.9. The van der Waals surface area contributed by atoms with E-state index in [1.807, 2.05) is 4.90 Å². The van der Waals surface area contributed by atoms with Crippen LogP contribution in [0.2, 0.25) is 0 Å². The lowest BCUT2D eigenvalue weighted by atomic mass is 9.94. The van der Waals surface area contributed by atoms with Crippen LogP contribution < -0.4 is 0 Å². The Morgan fingerprint density at radius 1 is 0.943 bits per heavy atom. The molecule has 0 radical (unpaired) electrons. The van der Waals surface area contributed by atoms with Crippen LogP contribution in [0.15, 0.2) is 36.7 Å². The van der Waals surface area contributed by atoms with Crippen molar-refractivity contribution in [3.63, 3.8) is 0 Å². The van der Waals surface area contributed by atoms with Crippen molar-refractivity contribution in [3.05, 3.63) is 53.3 Å². The first-order valence-corrected chi connectivity index (χ1v) is 13.9. The number of hydrogen-bond acceptors (Lipinski definition) is 2. The van der Waals surface area contributed by atoms with E-state index in [2.05, 4.69) is 82.8 Å². The lowest BCUT2D eigenvalue weighted by Crippen LogP contribution is -2.30. The van der Waals surface area contributed by atoms with E-state index in [0.717, 1.165) is 63.7 Å². The number of aromatic nitrogens is 2. The number of fused-ring (bicyclic) bond motifs is 1. The Balaban J connectivity index is 2.13. The van der Waals surface area contributed by atoms with Gasteiger partial charge in [0.25, 0.3) is 0 Å². The van der Waals surface area contributed by atoms with E-state index in [-0.39, 0.29) is 5.91 Å². The average molecular weight is 476 g/mol. The van der Waals surface area contributed by atoms with Crippen molar-refractivity contribution in [1.82, 2.24) is 14.5 Å². The highest BCUT2D eigenvalue weighted by atomic mass is 16.2. The highest BCUT2D eigenvalue weighted by molar-refractivity contribution is 5.88. The highest BCUT2D eigenvalue weighted by Gasteiger charge is 2.19. The molecule has 4 nitrogen and oxygen atoms in total. The van der Waals surface area contributed by atoms with Crippen molar-refractivity contribution in [2.24, 2.45) is 0 Å². The van der Waals surface area contributed by atoms with Gasteiger partial charge in [0, 0.05) is 42.7 Å². The maximum absolute atomic E-state index is 12.8. The Morgan fingerprint density at radius 3 is 2.11 bits per heavy atom. The summed E-state index contributed by atoms with van der Waals surface area (Å²) in [6, 6.07) is 9.40. The van der Waals surface area contributed by atoms with Crippen LogP contribution in [-0.4, -0.2) is 33.4 Å². The lowest BCUT2D eigenvalue weighted by Gasteiger charge is -2.19. The number of pyridine rings is 1. The SMILES string of the molecule is CCCC(CCC)n1cc(CCC(=O)N(CC)CC)c2cc(-c3c(CC)cccc3CC)ncc21. The van der Waals surface area contributed by atoms with E-state index < -0.39 is 0 Å². The zero-order chi connectivity index (χ0) is 25.4. The van der Waals surface area contributed by atoms with Gasteiger partial charge in [-0.05, 0) is 68.7 Å². The largest absolute Gasteiger partial charge is 0.343 e. The van der Waals surface area contributed by atoms with Gasteiger partial charge in [-0.15, -0.1) is 0 Å². The predicted octanol–water partition coefficient (Wildman–Crippen LogP) is 7.77. The fourth-order valence-electron chi connectivity index (χ4n) is 5.49. The molecule has 0 fully saturated rings. The Bertz CT molecular complexity index is 1080. The van der Waals surface area contributed by atoms with Gasteiger partial charge in [0.2, 0.25) is 5.91 Å². The predicted molar refractivity (Wildman–Crippen MR) is 149 cm³/mol. The molecule has 0 unspecified atom stereocenters. The molecule has 190 valence electrons. The summed E-state index contributed by atoms with van der Waals surface area (Å²) in [7, 11) is 0. The van der Waals surface area contributed by atoms with E-state index in [9.17, 15) is 4.79 Å². The molecule has 0 spiro atoms. The van der Waals surface area contributed by atoms with Crippen molar-refractivity contribution in [1.29, 1.82) is 0 Å². The third kappa shape index (κ3) is 5.97. The number of rotatable bonds is 13. The molecule has 2 heterocycles. The van der Waals surface area contributed by atoms with Gasteiger partial charge >= 0.3 is 0 Å². The Morgan fingerprint density at radius 2 is 1.57 bits per heavy atom. The van der Waals surface area contributed by atoms with Crippen LogP contribution >= 0.6 is 0 Å². The monoisotopic (exact) mass is 475 g/mol. The molecule has 0 N–H and O–H groups in total. The molecule has 35 heavy (non-hydrogen) atoms. The fraction of sp³-hybridized carbons (Fsp3) is 0.548. The van der Waals surface area contributed by atoms with Crippen LogP contribution in [0, 0.1) is 0 Å². The summed E-state index contributed by atoms with van der Waals surface area (Å²) < 4.78 is 2.46. The normalized spacial score (nSPS) is 11.5. The molecule has 1 amide bonds. The minimum atomic E-state index is 0.244. The van der Waals surface area contributed by atoms with E-state index in [0.29, 0.717) is 12.5 Å². The van der Waals surface area contributed by atoms with Crippen LogP contribution in [-0.2, 0) is 24.1 Å². The summed E-state index contributed by atoms with van der Waals surface area (Å²) in [5.41, 5.74) is 7.53. The molecule has 4 heteroatoms.